The van der Waals surface area contributed by atoms with Gasteiger partial charge in [0.05, 0.1) is 18.3 Å². The minimum absolute atomic E-state index is 0.0453. The molecule has 0 atom stereocenters. The van der Waals surface area contributed by atoms with Gasteiger partial charge >= 0.3 is 12.2 Å². The van der Waals surface area contributed by atoms with Gasteiger partial charge in [0.25, 0.3) is 0 Å². The highest BCUT2D eigenvalue weighted by Crippen LogP contribution is 2.30. The maximum absolute atomic E-state index is 12.7. The minimum atomic E-state index is -4.42. The molecular weight excluding hydrogens is 361 g/mol. The highest BCUT2D eigenvalue weighted by molar-refractivity contribution is 5.78. The molecule has 1 amide bonds. The molecule has 27 heavy (non-hydrogen) atoms. The van der Waals surface area contributed by atoms with Gasteiger partial charge in [0.2, 0.25) is 5.89 Å². The summed E-state index contributed by atoms with van der Waals surface area (Å²) in [6.07, 6.45) is -1.50. The zero-order chi connectivity index (χ0) is 19.6. The number of hydrogen-bond donors (Lipinski definition) is 2. The molecule has 9 heteroatoms. The van der Waals surface area contributed by atoms with Crippen LogP contribution >= 0.6 is 0 Å². The van der Waals surface area contributed by atoms with Gasteiger partial charge in [-0.25, -0.2) is 9.78 Å². The summed E-state index contributed by atoms with van der Waals surface area (Å²) >= 11 is 0. The Balaban J connectivity index is 1.81. The number of amides is 1. The van der Waals surface area contributed by atoms with Crippen LogP contribution in [0.1, 0.15) is 17.2 Å². The van der Waals surface area contributed by atoms with Crippen molar-refractivity contribution < 1.29 is 22.4 Å². The molecule has 0 fully saturated rings. The van der Waals surface area contributed by atoms with Crippen molar-refractivity contribution >= 4 is 6.03 Å². The van der Waals surface area contributed by atoms with Gasteiger partial charge in [-0.1, -0.05) is 12.1 Å². The highest BCUT2D eigenvalue weighted by atomic mass is 19.4. The second-order valence-electron chi connectivity index (χ2n) is 5.77. The van der Waals surface area contributed by atoms with Crippen molar-refractivity contribution in [2.75, 3.05) is 0 Å². The Labute approximate surface area is 151 Å². The van der Waals surface area contributed by atoms with Gasteiger partial charge < -0.3 is 9.73 Å². The Hall–Kier alpha value is -3.36. The molecule has 0 aliphatic rings. The van der Waals surface area contributed by atoms with E-state index in [-0.39, 0.29) is 12.0 Å². The van der Waals surface area contributed by atoms with Crippen molar-refractivity contribution in [2.45, 2.75) is 19.6 Å². The van der Waals surface area contributed by atoms with Crippen LogP contribution in [-0.4, -0.2) is 15.6 Å². The van der Waals surface area contributed by atoms with Crippen LogP contribution in [-0.2, 0) is 12.7 Å². The Kier molecular flexibility index (Phi) is 4.85. The van der Waals surface area contributed by atoms with Crippen LogP contribution in [0.2, 0.25) is 0 Å². The Bertz CT molecular complexity index is 1020. The average molecular weight is 376 g/mol. The van der Waals surface area contributed by atoms with Crippen LogP contribution in [0.25, 0.3) is 11.1 Å². The number of nitrogens with one attached hydrogen (secondary N) is 2. The molecule has 1 aromatic carbocycles. The molecule has 0 radical (unpaired) electrons. The first-order valence-electron chi connectivity index (χ1n) is 7.88. The fourth-order valence-corrected chi connectivity index (χ4v) is 2.41. The summed E-state index contributed by atoms with van der Waals surface area (Å²) in [5, 5.41) is 10.5. The first-order chi connectivity index (χ1) is 12.7. The lowest BCUT2D eigenvalue weighted by molar-refractivity contribution is -0.137. The zero-order valence-corrected chi connectivity index (χ0v) is 14.2. The third-order valence-electron chi connectivity index (χ3n) is 3.77. The first-order valence-corrected chi connectivity index (χ1v) is 7.88. The normalized spacial score (nSPS) is 11.4. The standard InChI is InChI=1S/C18H15F3N4O2/c1-11-8-23-16(27-11)9-24-17(26)25-10-13(4-7-15(25)22)12-2-5-14(6-3-12)18(19,20)21/h2-8,10,22H,9H2,1H3,(H,24,26). The summed E-state index contributed by atoms with van der Waals surface area (Å²) in [6, 6.07) is 6.95. The van der Waals surface area contributed by atoms with Crippen molar-refractivity contribution in [3.05, 3.63) is 71.5 Å². The SMILES string of the molecule is Cc1cnc(CNC(=O)n2cc(-c3ccc(C(F)(F)F)cc3)ccc2=N)o1. The van der Waals surface area contributed by atoms with E-state index in [0.29, 0.717) is 22.8 Å². The quantitative estimate of drug-likeness (QED) is 0.731. The van der Waals surface area contributed by atoms with Crippen molar-refractivity contribution in [1.29, 1.82) is 5.41 Å². The minimum Gasteiger partial charge on any atom is -0.444 e. The molecule has 0 aliphatic carbocycles. The van der Waals surface area contributed by atoms with Gasteiger partial charge in [0.1, 0.15) is 11.2 Å². The number of hydrogen-bond acceptors (Lipinski definition) is 4. The van der Waals surface area contributed by atoms with E-state index in [4.69, 9.17) is 9.83 Å². The summed E-state index contributed by atoms with van der Waals surface area (Å²) in [5.41, 5.74) is 0.164. The highest BCUT2D eigenvalue weighted by Gasteiger charge is 2.29. The zero-order valence-electron chi connectivity index (χ0n) is 14.2. The average Bonchev–Trinajstić information content (AvgIpc) is 3.05. The molecule has 0 bridgehead atoms. The summed E-state index contributed by atoms with van der Waals surface area (Å²) in [5.74, 6) is 0.934. The van der Waals surface area contributed by atoms with Crippen LogP contribution in [0.5, 0.6) is 0 Å². The largest absolute Gasteiger partial charge is 0.444 e. The Morgan fingerprint density at radius 3 is 2.44 bits per heavy atom. The van der Waals surface area contributed by atoms with E-state index in [1.54, 1.807) is 13.0 Å². The second kappa shape index (κ2) is 7.10. The van der Waals surface area contributed by atoms with Crippen LogP contribution in [0.15, 0.2) is 53.2 Å². The molecule has 3 aromatic rings. The van der Waals surface area contributed by atoms with Gasteiger partial charge in [0.15, 0.2) is 0 Å². The fourth-order valence-electron chi connectivity index (χ4n) is 2.41. The molecule has 2 N–H and O–H groups in total. The number of alkyl halides is 3. The molecule has 2 aromatic heterocycles. The summed E-state index contributed by atoms with van der Waals surface area (Å²) in [7, 11) is 0. The van der Waals surface area contributed by atoms with Gasteiger partial charge in [-0.2, -0.15) is 13.2 Å². The van der Waals surface area contributed by atoms with Gasteiger partial charge in [0, 0.05) is 6.20 Å². The van der Waals surface area contributed by atoms with Crippen molar-refractivity contribution in [1.82, 2.24) is 14.9 Å². The second-order valence-corrected chi connectivity index (χ2v) is 5.77. The molecule has 3 rings (SSSR count). The monoisotopic (exact) mass is 376 g/mol. The first kappa shape index (κ1) is 18.4. The number of aromatic nitrogens is 2. The lowest BCUT2D eigenvalue weighted by Crippen LogP contribution is -2.35. The van der Waals surface area contributed by atoms with E-state index in [9.17, 15) is 18.0 Å². The lowest BCUT2D eigenvalue weighted by Gasteiger charge is -2.11. The van der Waals surface area contributed by atoms with Crippen LogP contribution in [0, 0.1) is 12.3 Å². The Morgan fingerprint density at radius 2 is 1.85 bits per heavy atom. The van der Waals surface area contributed by atoms with Crippen LogP contribution in [0.4, 0.5) is 18.0 Å². The molecule has 0 aliphatic heterocycles. The summed E-state index contributed by atoms with van der Waals surface area (Å²) in [6.45, 7) is 1.77. The maximum atomic E-state index is 12.7. The number of rotatable bonds is 3. The maximum Gasteiger partial charge on any atom is 0.416 e. The van der Waals surface area contributed by atoms with Gasteiger partial charge in [-0.05, 0) is 42.3 Å². The van der Waals surface area contributed by atoms with E-state index < -0.39 is 17.8 Å². The lowest BCUT2D eigenvalue weighted by atomic mass is 10.1. The number of carbonyl (C=O) groups is 1. The number of benzene rings is 1. The van der Waals surface area contributed by atoms with Gasteiger partial charge in [-0.3, -0.25) is 9.98 Å². The molecular formula is C18H15F3N4O2. The van der Waals surface area contributed by atoms with E-state index in [1.807, 2.05) is 0 Å². The number of halogens is 3. The number of carbonyl (C=O) groups excluding carboxylic acids is 1. The number of aryl methyl sites for hydroxylation is 1. The van der Waals surface area contributed by atoms with E-state index >= 15 is 0 Å². The molecule has 6 nitrogen and oxygen atoms in total. The smallest absolute Gasteiger partial charge is 0.416 e. The van der Waals surface area contributed by atoms with E-state index in [1.165, 1.54) is 30.6 Å². The van der Waals surface area contributed by atoms with Crippen LogP contribution < -0.4 is 10.8 Å². The topological polar surface area (TPSA) is 83.9 Å². The van der Waals surface area contributed by atoms with Crippen LogP contribution in [0.3, 0.4) is 0 Å². The van der Waals surface area contributed by atoms with Gasteiger partial charge in [-0.15, -0.1) is 0 Å². The predicted octanol–water partition coefficient (Wildman–Crippen LogP) is 3.71. The third kappa shape index (κ3) is 4.25. The molecule has 140 valence electrons. The van der Waals surface area contributed by atoms with E-state index in [2.05, 4.69) is 10.3 Å². The molecule has 0 spiro atoms. The van der Waals surface area contributed by atoms with Crippen molar-refractivity contribution in [3.63, 3.8) is 0 Å². The number of oxazole rings is 1. The third-order valence-corrected chi connectivity index (χ3v) is 3.77. The molecule has 0 unspecified atom stereocenters. The fraction of sp³-hybridized carbons (Fsp3) is 0.167. The summed E-state index contributed by atoms with van der Waals surface area (Å²) in [4.78, 5) is 16.3. The molecule has 2 heterocycles. The van der Waals surface area contributed by atoms with E-state index in [0.717, 1.165) is 16.7 Å². The van der Waals surface area contributed by atoms with Crippen molar-refractivity contribution in [3.8, 4) is 11.1 Å². The predicted molar refractivity (Wildman–Crippen MR) is 89.6 cm³/mol. The Morgan fingerprint density at radius 1 is 1.19 bits per heavy atom. The number of nitrogens with zero attached hydrogens (tertiary/aromatic N) is 2. The summed E-state index contributed by atoms with van der Waals surface area (Å²) < 4.78 is 44.3. The number of pyridine rings is 1. The molecule has 0 saturated heterocycles. The molecule has 0 saturated carbocycles. The van der Waals surface area contributed by atoms with Crippen molar-refractivity contribution in [2.24, 2.45) is 0 Å².